The predicted octanol–water partition coefficient (Wildman–Crippen LogP) is 7.55. The van der Waals surface area contributed by atoms with E-state index in [9.17, 15) is 20.4 Å². The molecule has 1 radical (unpaired) electrons. The second kappa shape index (κ2) is 15.0. The monoisotopic (exact) mass is 651 g/mol. The molecule has 0 aliphatic carbocycles. The molecule has 2 aromatic carbocycles. The molecule has 235 valence electrons. The van der Waals surface area contributed by atoms with Crippen molar-refractivity contribution in [3.8, 4) is 23.0 Å². The van der Waals surface area contributed by atoms with Crippen LogP contribution in [-0.2, 0) is 38.7 Å². The quantitative estimate of drug-likeness (QED) is 0.108. The molecule has 2 rings (SSSR count). The predicted molar refractivity (Wildman–Crippen MR) is 170 cm³/mol. The molecule has 6 nitrogen and oxygen atoms in total. The van der Waals surface area contributed by atoms with Crippen molar-refractivity contribution in [2.24, 2.45) is 0 Å². The zero-order valence-electron chi connectivity index (χ0n) is 26.9. The van der Waals surface area contributed by atoms with Crippen molar-refractivity contribution >= 4 is 23.5 Å². The molecule has 9 heteroatoms. The second-order valence-corrected chi connectivity index (χ2v) is 16.4. The van der Waals surface area contributed by atoms with Gasteiger partial charge in [-0.05, 0) is 44.9 Å². The number of aromatic hydroxyl groups is 4. The number of rotatable bonds is 6. The molecule has 6 N–H and O–H groups in total. The van der Waals surface area contributed by atoms with Gasteiger partial charge in [-0.15, -0.1) is 23.5 Å². The van der Waals surface area contributed by atoms with Gasteiger partial charge in [0.05, 0.1) is 23.0 Å². The van der Waals surface area contributed by atoms with Crippen molar-refractivity contribution in [3.05, 3.63) is 34.4 Å². The molecule has 41 heavy (non-hydrogen) atoms. The normalized spacial score (nSPS) is 12.4. The molecule has 0 fully saturated rings. The summed E-state index contributed by atoms with van der Waals surface area (Å²) < 4.78 is 0. The van der Waals surface area contributed by atoms with Crippen molar-refractivity contribution < 1.29 is 47.7 Å². The van der Waals surface area contributed by atoms with Crippen LogP contribution in [0.25, 0.3) is 0 Å². The van der Waals surface area contributed by atoms with Crippen molar-refractivity contribution in [1.82, 2.24) is 0 Å². The minimum atomic E-state index is -0.248. The minimum Gasteiger partial charge on any atom is -0.504 e. The summed E-state index contributed by atoms with van der Waals surface area (Å²) in [6.45, 7) is 24.6. The molecule has 0 aliphatic rings. The summed E-state index contributed by atoms with van der Waals surface area (Å²) in [5, 5.41) is 59.3. The van der Waals surface area contributed by atoms with Gasteiger partial charge in [-0.3, -0.25) is 0 Å². The van der Waals surface area contributed by atoms with Gasteiger partial charge in [0.15, 0.2) is 23.0 Å². The van der Waals surface area contributed by atoms with Gasteiger partial charge in [-0.1, -0.05) is 83.1 Å². The van der Waals surface area contributed by atoms with Crippen LogP contribution in [0.5, 0.6) is 23.0 Å². The van der Waals surface area contributed by atoms with Crippen molar-refractivity contribution in [2.75, 3.05) is 24.7 Å². The molecule has 0 saturated carbocycles. The van der Waals surface area contributed by atoms with Crippen LogP contribution in [0.15, 0.2) is 21.9 Å². The summed E-state index contributed by atoms with van der Waals surface area (Å²) in [4.78, 5) is 1.33. The molecule has 0 heterocycles. The topological polar surface area (TPSA) is 121 Å². The molecular formula is C32H52MnO6S2. The maximum Gasteiger partial charge on any atom is 0.171 e. The van der Waals surface area contributed by atoms with Crippen LogP contribution in [0.2, 0.25) is 0 Å². The summed E-state index contributed by atoms with van der Waals surface area (Å²) in [5.41, 5.74) is 2.68. The van der Waals surface area contributed by atoms with Crippen LogP contribution in [0.4, 0.5) is 0 Å². The molecular weight excluding hydrogens is 599 g/mol. The minimum absolute atomic E-state index is 0. The van der Waals surface area contributed by atoms with E-state index in [1.807, 2.05) is 53.7 Å². The van der Waals surface area contributed by atoms with E-state index in [1.54, 1.807) is 0 Å². The smallest absolute Gasteiger partial charge is 0.171 e. The molecule has 0 bridgehead atoms. The third kappa shape index (κ3) is 10.5. The van der Waals surface area contributed by atoms with E-state index in [1.165, 1.54) is 23.5 Å². The first-order valence-electron chi connectivity index (χ1n) is 13.7. The van der Waals surface area contributed by atoms with E-state index in [0.29, 0.717) is 21.3 Å². The number of benzene rings is 2. The van der Waals surface area contributed by atoms with Crippen LogP contribution in [0, 0.1) is 0 Å². The van der Waals surface area contributed by atoms with Crippen LogP contribution >= 0.6 is 23.5 Å². The third-order valence-corrected chi connectivity index (χ3v) is 8.54. The molecule has 0 aromatic heterocycles. The number of phenols is 4. The van der Waals surface area contributed by atoms with Crippen LogP contribution in [-0.4, -0.2) is 55.4 Å². The fourth-order valence-electron chi connectivity index (χ4n) is 4.13. The summed E-state index contributed by atoms with van der Waals surface area (Å²) >= 11 is 2.75. The van der Waals surface area contributed by atoms with E-state index < -0.39 is 0 Å². The van der Waals surface area contributed by atoms with Gasteiger partial charge in [0.25, 0.3) is 0 Å². The number of phenolic OH excluding ortho intramolecular Hbond substituents is 4. The molecule has 0 unspecified atom stereocenters. The van der Waals surface area contributed by atoms with E-state index in [0.717, 1.165) is 22.3 Å². The van der Waals surface area contributed by atoms with Crippen molar-refractivity contribution in [3.63, 3.8) is 0 Å². The Labute approximate surface area is 266 Å². The summed E-state index contributed by atoms with van der Waals surface area (Å²) in [5.74, 6) is 0.745. The number of hydrogen-bond donors (Lipinski definition) is 6. The molecule has 0 atom stereocenters. The third-order valence-electron chi connectivity index (χ3n) is 6.36. The molecule has 0 spiro atoms. The Morgan fingerprint density at radius 3 is 0.902 bits per heavy atom. The number of aliphatic hydroxyl groups excluding tert-OH is 2. The number of thioether (sulfide) groups is 2. The largest absolute Gasteiger partial charge is 0.504 e. The molecule has 2 aromatic rings. The van der Waals surface area contributed by atoms with Gasteiger partial charge in [0, 0.05) is 39.7 Å². The number of aliphatic hydroxyl groups is 2. The van der Waals surface area contributed by atoms with Crippen molar-refractivity contribution in [1.29, 1.82) is 0 Å². The first-order chi connectivity index (χ1) is 18.0. The first kappa shape index (κ1) is 39.8. The van der Waals surface area contributed by atoms with Gasteiger partial charge in [-0.25, -0.2) is 0 Å². The van der Waals surface area contributed by atoms with Gasteiger partial charge < -0.3 is 30.6 Å². The van der Waals surface area contributed by atoms with Crippen LogP contribution in [0.1, 0.15) is 105 Å². The van der Waals surface area contributed by atoms with Gasteiger partial charge in [0.1, 0.15) is 0 Å². The first-order valence-corrected chi connectivity index (χ1v) is 15.6. The Balaban J connectivity index is 0.000000762. The van der Waals surface area contributed by atoms with E-state index in [2.05, 4.69) is 41.5 Å². The summed E-state index contributed by atoms with van der Waals surface area (Å²) in [6, 6.07) is 3.96. The Morgan fingerprint density at radius 2 is 0.707 bits per heavy atom. The SMILES string of the molecule is CC(C)(C)c1cc(C(C)(C)C)c(SCCO)c(O)c1O.CC(C)(C)c1cc(C(C)(C)C)c(SCCO)c(O)c1O.[Mn]. The zero-order chi connectivity index (χ0) is 31.4. The van der Waals surface area contributed by atoms with E-state index in [4.69, 9.17) is 10.2 Å². The second-order valence-electron chi connectivity index (χ2n) is 14.1. The fraction of sp³-hybridized carbons (Fsp3) is 0.625. The Hall–Kier alpha value is -1.22. The molecule has 0 saturated heterocycles. The Kier molecular flexibility index (Phi) is 14.5. The molecule has 0 aliphatic heterocycles. The van der Waals surface area contributed by atoms with Crippen LogP contribution in [0.3, 0.4) is 0 Å². The number of hydrogen-bond acceptors (Lipinski definition) is 8. The summed E-state index contributed by atoms with van der Waals surface area (Å²) in [7, 11) is 0. The zero-order valence-corrected chi connectivity index (χ0v) is 29.7. The Bertz CT molecular complexity index is 1060. The van der Waals surface area contributed by atoms with E-state index in [-0.39, 0.29) is 74.9 Å². The Morgan fingerprint density at radius 1 is 0.463 bits per heavy atom. The van der Waals surface area contributed by atoms with Crippen LogP contribution < -0.4 is 0 Å². The maximum atomic E-state index is 10.4. The maximum absolute atomic E-state index is 10.4. The summed E-state index contributed by atoms with van der Waals surface area (Å²) in [6.07, 6.45) is 0. The van der Waals surface area contributed by atoms with Gasteiger partial charge in [-0.2, -0.15) is 0 Å². The molecule has 0 amide bonds. The standard InChI is InChI=1S/2C16H26O3S.Mn/c2*1-15(2,3)10-9-11(16(4,5)6)14(20-8-7-17)13(19)12(10)18;/h2*9,17-19H,7-8H2,1-6H3;. The van der Waals surface area contributed by atoms with E-state index >= 15 is 0 Å². The average molecular weight is 652 g/mol. The van der Waals surface area contributed by atoms with Crippen molar-refractivity contribution in [2.45, 2.75) is 115 Å². The fourth-order valence-corrected chi connectivity index (χ4v) is 6.23. The van der Waals surface area contributed by atoms with Gasteiger partial charge in [0.2, 0.25) is 0 Å². The average Bonchev–Trinajstić information content (AvgIpc) is 2.78. The van der Waals surface area contributed by atoms with Gasteiger partial charge >= 0.3 is 0 Å².